The van der Waals surface area contributed by atoms with Crippen LogP contribution in [0.4, 0.5) is 4.79 Å². The van der Waals surface area contributed by atoms with Crippen LogP contribution in [0.2, 0.25) is 0 Å². The zero-order chi connectivity index (χ0) is 32.7. The van der Waals surface area contributed by atoms with Gasteiger partial charge in [0, 0.05) is 12.5 Å². The van der Waals surface area contributed by atoms with Crippen molar-refractivity contribution in [1.29, 1.82) is 0 Å². The number of amides is 2. The SMILES string of the molecule is O=C(CC[PH+](c1ccccc1)c1ccccc1)NCCCC[C@H](NC(=O)OCC1c2ccccc2-c2ccccc21)C(=O)O.[Cl][Au]. The van der Waals surface area contributed by atoms with E-state index in [2.05, 4.69) is 56.2 Å². The van der Waals surface area contributed by atoms with Crippen molar-refractivity contribution in [3.63, 3.8) is 0 Å². The Kier molecular flexibility index (Phi) is 14.3. The van der Waals surface area contributed by atoms with Gasteiger partial charge >= 0.3 is 41.2 Å². The van der Waals surface area contributed by atoms with Crippen LogP contribution < -0.4 is 21.2 Å². The predicted octanol–water partition coefficient (Wildman–Crippen LogP) is 6.21. The van der Waals surface area contributed by atoms with Gasteiger partial charge in [0.25, 0.3) is 0 Å². The van der Waals surface area contributed by atoms with E-state index < -0.39 is 26.0 Å². The number of rotatable bonds is 14. The van der Waals surface area contributed by atoms with E-state index in [0.717, 1.165) is 28.4 Å². The number of fused-ring (bicyclic) bond motifs is 3. The molecule has 0 unspecified atom stereocenters. The summed E-state index contributed by atoms with van der Waals surface area (Å²) < 4.78 is 5.52. The second-order valence-electron chi connectivity index (χ2n) is 10.9. The Labute approximate surface area is 287 Å². The van der Waals surface area contributed by atoms with Crippen LogP contribution in [0.25, 0.3) is 11.1 Å². The standard InChI is InChI=1S/C36H37N2O5P.Au.ClH/c39-34(22-24-44(26-13-3-1-4-14-26)27-15-5-2-6-16-27)37-23-12-11-21-33(35(40)41)38-36(42)43-25-32-30-19-9-7-17-28(30)29-18-8-10-20-31(29)32;;/h1-10,13-20,32-33H,11-12,21-25H2,(H,37,39)(H,38,42)(H,40,41);;1H/q;+1;/t33-;;/m0../s1. The van der Waals surface area contributed by atoms with Crippen molar-refractivity contribution < 1.29 is 44.2 Å². The molecule has 1 aliphatic carbocycles. The van der Waals surface area contributed by atoms with E-state index in [1.165, 1.54) is 10.6 Å². The van der Waals surface area contributed by atoms with Gasteiger partial charge in [-0.3, -0.25) is 4.79 Å². The average molecular weight is 842 g/mol. The number of aliphatic carboxylic acids is 1. The molecule has 1 aliphatic rings. The monoisotopic (exact) mass is 841 g/mol. The molecule has 10 heteroatoms. The van der Waals surface area contributed by atoms with Gasteiger partial charge in [-0.15, -0.1) is 0 Å². The number of hydrogen-bond acceptors (Lipinski definition) is 4. The van der Waals surface area contributed by atoms with E-state index in [9.17, 15) is 19.5 Å². The summed E-state index contributed by atoms with van der Waals surface area (Å²) in [5, 5.41) is 17.7. The van der Waals surface area contributed by atoms with Crippen LogP contribution in [0.5, 0.6) is 0 Å². The Morgan fingerprint density at radius 2 is 1.30 bits per heavy atom. The normalized spacial score (nSPS) is 12.3. The van der Waals surface area contributed by atoms with E-state index in [1.54, 1.807) is 20.0 Å². The van der Waals surface area contributed by atoms with E-state index in [4.69, 9.17) is 4.74 Å². The van der Waals surface area contributed by atoms with Gasteiger partial charge in [0.2, 0.25) is 5.91 Å². The first kappa shape index (κ1) is 35.4. The van der Waals surface area contributed by atoms with Crippen molar-refractivity contribution in [2.24, 2.45) is 0 Å². The van der Waals surface area contributed by atoms with Crippen LogP contribution in [0.1, 0.15) is 42.7 Å². The molecular formula is C36H38AuClN2O5P+. The van der Waals surface area contributed by atoms with Crippen LogP contribution in [0.3, 0.4) is 0 Å². The molecule has 0 spiro atoms. The fourth-order valence-corrected chi connectivity index (χ4v) is 8.38. The summed E-state index contributed by atoms with van der Waals surface area (Å²) >= 11 is 1.75. The van der Waals surface area contributed by atoms with Gasteiger partial charge in [-0.25, -0.2) is 9.59 Å². The molecule has 0 aromatic heterocycles. The average Bonchev–Trinajstić information content (AvgIpc) is 3.42. The maximum atomic E-state index is 12.6. The van der Waals surface area contributed by atoms with Crippen LogP contribution >= 0.6 is 17.1 Å². The van der Waals surface area contributed by atoms with Crippen molar-refractivity contribution in [2.75, 3.05) is 19.3 Å². The summed E-state index contributed by atoms with van der Waals surface area (Å²) in [5.74, 6) is -1.22. The van der Waals surface area contributed by atoms with Crippen LogP contribution in [-0.2, 0) is 34.3 Å². The van der Waals surface area contributed by atoms with Crippen molar-refractivity contribution in [3.05, 3.63) is 120 Å². The number of benzene rings is 4. The summed E-state index contributed by atoms with van der Waals surface area (Å²) in [7, 11) is 3.50. The molecule has 46 heavy (non-hydrogen) atoms. The van der Waals surface area contributed by atoms with Gasteiger partial charge in [-0.1, -0.05) is 84.9 Å². The van der Waals surface area contributed by atoms with Crippen molar-refractivity contribution in [2.45, 2.75) is 37.6 Å². The maximum absolute atomic E-state index is 12.6. The number of alkyl carbamates (subject to hydrolysis) is 1. The second kappa shape index (κ2) is 18.6. The van der Waals surface area contributed by atoms with E-state index in [1.807, 2.05) is 72.8 Å². The number of carbonyl (C=O) groups excluding carboxylic acids is 2. The number of hydrogen-bond donors (Lipinski definition) is 3. The number of halogens is 1. The number of nitrogens with one attached hydrogen (secondary N) is 2. The Morgan fingerprint density at radius 3 is 1.85 bits per heavy atom. The molecular weight excluding hydrogens is 804 g/mol. The van der Waals surface area contributed by atoms with Gasteiger partial charge in [0.1, 0.15) is 12.6 Å². The summed E-state index contributed by atoms with van der Waals surface area (Å²) in [4.78, 5) is 37.1. The third-order valence-electron chi connectivity index (χ3n) is 8.02. The molecule has 0 fully saturated rings. The van der Waals surface area contributed by atoms with Crippen LogP contribution in [0.15, 0.2) is 109 Å². The molecule has 7 nitrogen and oxygen atoms in total. The molecule has 0 heterocycles. The van der Waals surface area contributed by atoms with Gasteiger partial charge in [-0.05, 0) is 65.8 Å². The van der Waals surface area contributed by atoms with Gasteiger partial charge in [-0.2, -0.15) is 0 Å². The van der Waals surface area contributed by atoms with Crippen LogP contribution in [0, 0.1) is 0 Å². The number of ether oxygens (including phenoxy) is 1. The van der Waals surface area contributed by atoms with Gasteiger partial charge < -0.3 is 20.5 Å². The Bertz CT molecular complexity index is 1490. The Hall–Kier alpha value is -3.45. The number of carbonyl (C=O) groups is 3. The van der Waals surface area contributed by atoms with Crippen LogP contribution in [-0.4, -0.2) is 48.4 Å². The fraction of sp³-hybridized carbons (Fsp3) is 0.250. The number of carboxylic acids is 1. The topological polar surface area (TPSA) is 105 Å². The fourth-order valence-electron chi connectivity index (χ4n) is 5.80. The first-order valence-electron chi connectivity index (χ1n) is 15.2. The number of unbranched alkanes of at least 4 members (excludes halogenated alkanes) is 1. The zero-order valence-corrected chi connectivity index (χ0v) is 29.2. The number of carboxylic acid groups (broad SMARTS) is 1. The molecule has 0 aliphatic heterocycles. The van der Waals surface area contributed by atoms with Gasteiger partial charge in [0.05, 0.1) is 31.1 Å². The minimum atomic E-state index is -1.11. The first-order chi connectivity index (χ1) is 22.5. The molecule has 4 aromatic carbocycles. The molecule has 0 bridgehead atoms. The predicted molar refractivity (Wildman–Crippen MR) is 182 cm³/mol. The second-order valence-corrected chi connectivity index (χ2v) is 13.5. The summed E-state index contributed by atoms with van der Waals surface area (Å²) in [5.41, 5.74) is 4.44. The Balaban J connectivity index is 0.00000235. The van der Waals surface area contributed by atoms with Crippen molar-refractivity contribution in [3.8, 4) is 11.1 Å². The molecule has 4 aromatic rings. The molecule has 1 atom stereocenters. The van der Waals surface area contributed by atoms with E-state index in [-0.39, 0.29) is 24.9 Å². The first-order valence-corrected chi connectivity index (χ1v) is 19.6. The van der Waals surface area contributed by atoms with Crippen molar-refractivity contribution >= 4 is 45.7 Å². The minimum absolute atomic E-state index is 0.00842. The summed E-state index contributed by atoms with van der Waals surface area (Å²) in [6, 6.07) is 35.7. The molecule has 3 N–H and O–H groups in total. The molecule has 2 amide bonds. The van der Waals surface area contributed by atoms with Crippen molar-refractivity contribution in [1.82, 2.24) is 10.6 Å². The quantitative estimate of drug-likeness (QED) is 0.0797. The third-order valence-corrected chi connectivity index (χ3v) is 10.8. The van der Waals surface area contributed by atoms with E-state index in [0.29, 0.717) is 25.8 Å². The zero-order valence-electron chi connectivity index (χ0n) is 25.3. The van der Waals surface area contributed by atoms with E-state index >= 15 is 0 Å². The Morgan fingerprint density at radius 1 is 0.783 bits per heavy atom. The molecule has 244 valence electrons. The molecule has 0 saturated heterocycles. The molecule has 0 radical (unpaired) electrons. The molecule has 5 rings (SSSR count). The third kappa shape index (κ3) is 9.78. The summed E-state index contributed by atoms with van der Waals surface area (Å²) in [6.07, 6.45) is 1.85. The summed E-state index contributed by atoms with van der Waals surface area (Å²) in [6.45, 7) is 0.574. The van der Waals surface area contributed by atoms with Gasteiger partial charge in [0.15, 0.2) is 0 Å². The molecule has 0 saturated carbocycles.